The lowest BCUT2D eigenvalue weighted by Crippen LogP contribution is -2.41. The summed E-state index contributed by atoms with van der Waals surface area (Å²) in [5.74, 6) is 0.575. The van der Waals surface area contributed by atoms with Gasteiger partial charge in [-0.3, -0.25) is 14.3 Å². The molecule has 1 atom stereocenters. The molecular weight excluding hydrogens is 278 g/mol. The molecule has 2 aromatic rings. The van der Waals surface area contributed by atoms with Crippen LogP contribution in [0.5, 0.6) is 0 Å². The maximum absolute atomic E-state index is 12.5. The van der Waals surface area contributed by atoms with E-state index in [1.54, 1.807) is 0 Å². The van der Waals surface area contributed by atoms with Gasteiger partial charge in [0.25, 0.3) is 5.56 Å². The van der Waals surface area contributed by atoms with Crippen molar-refractivity contribution in [2.24, 2.45) is 0 Å². The molecular formula is C17H21N3O2. The molecule has 5 nitrogen and oxygen atoms in total. The van der Waals surface area contributed by atoms with Crippen molar-refractivity contribution in [3.05, 3.63) is 61.8 Å². The molecule has 22 heavy (non-hydrogen) atoms. The molecule has 0 radical (unpaired) electrons. The number of benzene rings is 1. The van der Waals surface area contributed by atoms with Gasteiger partial charge in [-0.15, -0.1) is 0 Å². The molecule has 1 aliphatic rings. The fraction of sp³-hybridized carbons (Fsp3) is 0.412. The third-order valence-electron chi connectivity index (χ3n) is 4.31. The van der Waals surface area contributed by atoms with Crippen LogP contribution in [-0.2, 0) is 6.42 Å². The number of aryl methyl sites for hydroxylation is 1. The summed E-state index contributed by atoms with van der Waals surface area (Å²) in [6.07, 6.45) is 1.51. The van der Waals surface area contributed by atoms with E-state index in [1.165, 1.54) is 15.7 Å². The van der Waals surface area contributed by atoms with Gasteiger partial charge in [0.15, 0.2) is 0 Å². The van der Waals surface area contributed by atoms with Crippen molar-refractivity contribution in [2.75, 3.05) is 5.32 Å². The highest BCUT2D eigenvalue weighted by Gasteiger charge is 2.25. The van der Waals surface area contributed by atoms with Gasteiger partial charge in [-0.2, -0.15) is 0 Å². The quantitative estimate of drug-likeness (QED) is 0.895. The Morgan fingerprint density at radius 3 is 2.64 bits per heavy atom. The largest absolute Gasteiger partial charge is 0.364 e. The number of nitrogens with zero attached hydrogens (tertiary/aromatic N) is 1. The zero-order valence-corrected chi connectivity index (χ0v) is 13.1. The maximum Gasteiger partial charge on any atom is 0.330 e. The highest BCUT2D eigenvalue weighted by molar-refractivity contribution is 5.48. The van der Waals surface area contributed by atoms with Crippen LogP contribution >= 0.6 is 0 Å². The SMILES string of the molecule is Cc1ccccc1[C@@H]1CCc2c([nH]c(=O)n(C(C)C)c2=O)N1. The summed E-state index contributed by atoms with van der Waals surface area (Å²) in [7, 11) is 0. The molecule has 3 rings (SSSR count). The predicted molar refractivity (Wildman–Crippen MR) is 87.6 cm³/mol. The molecule has 2 heterocycles. The van der Waals surface area contributed by atoms with Gasteiger partial charge < -0.3 is 5.32 Å². The van der Waals surface area contributed by atoms with E-state index in [-0.39, 0.29) is 23.3 Å². The molecule has 2 N–H and O–H groups in total. The van der Waals surface area contributed by atoms with E-state index in [9.17, 15) is 9.59 Å². The average Bonchev–Trinajstić information content (AvgIpc) is 2.46. The fourth-order valence-electron chi connectivity index (χ4n) is 3.16. The summed E-state index contributed by atoms with van der Waals surface area (Å²) in [6.45, 7) is 5.76. The highest BCUT2D eigenvalue weighted by Crippen LogP contribution is 2.30. The first kappa shape index (κ1) is 14.6. The normalized spacial score (nSPS) is 17.2. The molecule has 1 aromatic heterocycles. The summed E-state index contributed by atoms with van der Waals surface area (Å²) in [5, 5.41) is 3.33. The van der Waals surface area contributed by atoms with E-state index in [2.05, 4.69) is 29.4 Å². The van der Waals surface area contributed by atoms with Crippen LogP contribution in [0.15, 0.2) is 33.9 Å². The molecule has 5 heteroatoms. The molecule has 0 fully saturated rings. The molecule has 0 bridgehead atoms. The van der Waals surface area contributed by atoms with Crippen molar-refractivity contribution < 1.29 is 0 Å². The van der Waals surface area contributed by atoms with Crippen LogP contribution in [0.25, 0.3) is 0 Å². The van der Waals surface area contributed by atoms with Crippen molar-refractivity contribution in [1.82, 2.24) is 9.55 Å². The van der Waals surface area contributed by atoms with Crippen LogP contribution in [0.3, 0.4) is 0 Å². The van der Waals surface area contributed by atoms with Gasteiger partial charge in [-0.25, -0.2) is 4.79 Å². The van der Waals surface area contributed by atoms with Gasteiger partial charge >= 0.3 is 5.69 Å². The van der Waals surface area contributed by atoms with Gasteiger partial charge in [0, 0.05) is 6.04 Å². The van der Waals surface area contributed by atoms with Gasteiger partial charge in [0.2, 0.25) is 0 Å². The Bertz CT molecular complexity index is 817. The second-order valence-corrected chi connectivity index (χ2v) is 6.14. The van der Waals surface area contributed by atoms with Crippen molar-refractivity contribution in [1.29, 1.82) is 0 Å². The van der Waals surface area contributed by atoms with Gasteiger partial charge in [-0.05, 0) is 44.7 Å². The molecule has 1 aliphatic heterocycles. The zero-order valence-electron chi connectivity index (χ0n) is 13.1. The second-order valence-electron chi connectivity index (χ2n) is 6.14. The Morgan fingerprint density at radius 2 is 1.95 bits per heavy atom. The Kier molecular flexibility index (Phi) is 3.64. The Morgan fingerprint density at radius 1 is 1.23 bits per heavy atom. The zero-order chi connectivity index (χ0) is 15.9. The minimum Gasteiger partial charge on any atom is -0.364 e. The molecule has 0 spiro atoms. The monoisotopic (exact) mass is 299 g/mol. The van der Waals surface area contributed by atoms with E-state index < -0.39 is 0 Å². The van der Waals surface area contributed by atoms with E-state index in [1.807, 2.05) is 26.0 Å². The number of H-pyrrole nitrogens is 1. The standard InChI is InChI=1S/C17H21N3O2/c1-10(2)20-16(21)13-8-9-14(18-15(13)19-17(20)22)12-7-5-4-6-11(12)3/h4-7,10,14,18H,8-9H2,1-3H3,(H,19,22)/t14-/m0/s1. The van der Waals surface area contributed by atoms with Gasteiger partial charge in [-0.1, -0.05) is 24.3 Å². The van der Waals surface area contributed by atoms with Crippen LogP contribution in [0.2, 0.25) is 0 Å². The molecule has 1 aromatic carbocycles. The summed E-state index contributed by atoms with van der Waals surface area (Å²) in [4.78, 5) is 27.5. The summed E-state index contributed by atoms with van der Waals surface area (Å²) < 4.78 is 1.29. The Labute approximate surface area is 129 Å². The van der Waals surface area contributed by atoms with Crippen LogP contribution in [0.1, 0.15) is 49.0 Å². The lowest BCUT2D eigenvalue weighted by Gasteiger charge is -2.28. The van der Waals surface area contributed by atoms with E-state index >= 15 is 0 Å². The lowest BCUT2D eigenvalue weighted by molar-refractivity contribution is 0.530. The van der Waals surface area contributed by atoms with E-state index in [4.69, 9.17) is 0 Å². The van der Waals surface area contributed by atoms with Crippen LogP contribution in [0.4, 0.5) is 5.82 Å². The number of hydrogen-bond acceptors (Lipinski definition) is 3. The number of nitrogens with one attached hydrogen (secondary N) is 2. The van der Waals surface area contributed by atoms with Crippen molar-refractivity contribution in [3.8, 4) is 0 Å². The third kappa shape index (κ3) is 2.36. The van der Waals surface area contributed by atoms with Crippen LogP contribution in [0, 0.1) is 6.92 Å². The first-order valence-electron chi connectivity index (χ1n) is 7.68. The van der Waals surface area contributed by atoms with Crippen LogP contribution < -0.4 is 16.6 Å². The van der Waals surface area contributed by atoms with Gasteiger partial charge in [0.05, 0.1) is 11.6 Å². The van der Waals surface area contributed by atoms with E-state index in [0.29, 0.717) is 17.8 Å². The van der Waals surface area contributed by atoms with Crippen molar-refractivity contribution in [2.45, 2.75) is 45.7 Å². The first-order valence-corrected chi connectivity index (χ1v) is 7.68. The third-order valence-corrected chi connectivity index (χ3v) is 4.31. The Balaban J connectivity index is 2.03. The lowest BCUT2D eigenvalue weighted by atomic mass is 9.93. The first-order chi connectivity index (χ1) is 10.5. The molecule has 0 saturated carbocycles. The molecule has 0 unspecified atom stereocenters. The predicted octanol–water partition coefficient (Wildman–Crippen LogP) is 2.53. The highest BCUT2D eigenvalue weighted by atomic mass is 16.2. The number of rotatable bonds is 2. The van der Waals surface area contributed by atoms with Crippen molar-refractivity contribution in [3.63, 3.8) is 0 Å². The van der Waals surface area contributed by atoms with E-state index in [0.717, 1.165) is 6.42 Å². The summed E-state index contributed by atoms with van der Waals surface area (Å²) in [5.41, 5.74) is 2.57. The second kappa shape index (κ2) is 5.48. The smallest absolute Gasteiger partial charge is 0.330 e. The van der Waals surface area contributed by atoms with Crippen LogP contribution in [-0.4, -0.2) is 9.55 Å². The summed E-state index contributed by atoms with van der Waals surface area (Å²) >= 11 is 0. The minimum atomic E-state index is -0.350. The molecule has 0 aliphatic carbocycles. The minimum absolute atomic E-state index is 0.124. The molecule has 0 saturated heterocycles. The average molecular weight is 299 g/mol. The topological polar surface area (TPSA) is 66.9 Å². The van der Waals surface area contributed by atoms with Gasteiger partial charge in [0.1, 0.15) is 5.82 Å². The molecule has 0 amide bonds. The number of hydrogen-bond donors (Lipinski definition) is 2. The summed E-state index contributed by atoms with van der Waals surface area (Å²) in [6, 6.07) is 8.17. The molecule has 116 valence electrons. The number of anilines is 1. The maximum atomic E-state index is 12.5. The van der Waals surface area contributed by atoms with Crippen molar-refractivity contribution >= 4 is 5.82 Å². The number of aromatic amines is 1. The number of fused-ring (bicyclic) bond motifs is 1. The fourth-order valence-corrected chi connectivity index (χ4v) is 3.16. The Hall–Kier alpha value is -2.30. The number of aromatic nitrogens is 2.